The van der Waals surface area contributed by atoms with E-state index in [0.717, 1.165) is 60.6 Å². The lowest BCUT2D eigenvalue weighted by atomic mass is 10.0. The molecule has 2 heterocycles. The summed E-state index contributed by atoms with van der Waals surface area (Å²) < 4.78 is 0. The first-order valence-corrected chi connectivity index (χ1v) is 13.9. The number of amides is 1. The van der Waals surface area contributed by atoms with E-state index in [1.165, 1.54) is 5.56 Å². The van der Waals surface area contributed by atoms with Crippen LogP contribution in [-0.2, 0) is 17.9 Å². The molecule has 7 heteroatoms. The molecule has 0 spiro atoms. The van der Waals surface area contributed by atoms with Crippen molar-refractivity contribution in [1.82, 2.24) is 19.8 Å². The lowest BCUT2D eigenvalue weighted by molar-refractivity contribution is -0.119. The topological polar surface area (TPSA) is 87.4 Å². The Balaban J connectivity index is 1.18. The highest BCUT2D eigenvalue weighted by molar-refractivity contribution is 5.91. The molecule has 40 heavy (non-hydrogen) atoms. The highest BCUT2D eigenvalue weighted by Gasteiger charge is 2.22. The molecule has 0 radical (unpaired) electrons. The van der Waals surface area contributed by atoms with E-state index in [2.05, 4.69) is 51.2 Å². The average Bonchev–Trinajstić information content (AvgIpc) is 2.96. The Bertz CT molecular complexity index is 1500. The SMILES string of the molecule is CC(C)[C@H](Nc1nc(CN2CCN(Cc3ccc(C#Cc4ccccc4)cc3)CC2)nc2ccccc12)C(N)=O. The fourth-order valence-corrected chi connectivity index (χ4v) is 4.94. The van der Waals surface area contributed by atoms with Gasteiger partial charge in [0.05, 0.1) is 12.1 Å². The minimum absolute atomic E-state index is 0.0428. The van der Waals surface area contributed by atoms with Gasteiger partial charge in [-0.15, -0.1) is 0 Å². The maximum absolute atomic E-state index is 12.0. The molecule has 3 aromatic carbocycles. The van der Waals surface area contributed by atoms with Gasteiger partial charge in [0.1, 0.15) is 17.7 Å². The van der Waals surface area contributed by atoms with E-state index in [9.17, 15) is 4.79 Å². The van der Waals surface area contributed by atoms with Crippen LogP contribution in [0.5, 0.6) is 0 Å². The molecule has 1 aliphatic heterocycles. The van der Waals surface area contributed by atoms with Crippen molar-refractivity contribution in [3.8, 4) is 11.8 Å². The quantitative estimate of drug-likeness (QED) is 0.330. The molecule has 7 nitrogen and oxygen atoms in total. The Labute approximate surface area is 236 Å². The van der Waals surface area contributed by atoms with Crippen LogP contribution in [0.1, 0.15) is 36.4 Å². The summed E-state index contributed by atoms with van der Waals surface area (Å²) in [6, 6.07) is 26.0. The molecule has 204 valence electrons. The molecule has 1 fully saturated rings. The van der Waals surface area contributed by atoms with Gasteiger partial charge < -0.3 is 11.1 Å². The molecule has 3 N–H and O–H groups in total. The van der Waals surface area contributed by atoms with Gasteiger partial charge in [-0.2, -0.15) is 0 Å². The Kier molecular flexibility index (Phi) is 8.70. The first-order valence-electron chi connectivity index (χ1n) is 13.9. The number of nitrogens with zero attached hydrogens (tertiary/aromatic N) is 4. The zero-order valence-electron chi connectivity index (χ0n) is 23.2. The summed E-state index contributed by atoms with van der Waals surface area (Å²) in [6.45, 7) is 9.36. The third-order valence-electron chi connectivity index (χ3n) is 7.23. The van der Waals surface area contributed by atoms with Gasteiger partial charge >= 0.3 is 0 Å². The first kappa shape index (κ1) is 27.3. The standard InChI is InChI=1S/C33H36N6O/c1-24(2)31(32(34)40)37-33-28-10-6-7-11-29(28)35-30(36-33)23-39-20-18-38(19-21-39)22-27-16-14-26(15-17-27)13-12-25-8-4-3-5-9-25/h3-11,14-17,24,31H,18-23H2,1-2H3,(H2,34,40)(H,35,36,37)/t31-/m0/s1. The largest absolute Gasteiger partial charge is 0.368 e. The molecule has 1 aliphatic rings. The van der Waals surface area contributed by atoms with Crippen molar-refractivity contribution in [1.29, 1.82) is 0 Å². The molecule has 1 aromatic heterocycles. The van der Waals surface area contributed by atoms with Gasteiger partial charge in [0.15, 0.2) is 0 Å². The predicted octanol–water partition coefficient (Wildman–Crippen LogP) is 4.27. The number of primary amides is 1. The van der Waals surface area contributed by atoms with Crippen molar-refractivity contribution in [2.75, 3.05) is 31.5 Å². The minimum Gasteiger partial charge on any atom is -0.368 e. The maximum atomic E-state index is 12.0. The van der Waals surface area contributed by atoms with Gasteiger partial charge in [0.25, 0.3) is 0 Å². The number of hydrogen-bond donors (Lipinski definition) is 2. The van der Waals surface area contributed by atoms with Crippen molar-refractivity contribution in [2.24, 2.45) is 11.7 Å². The van der Waals surface area contributed by atoms with Crippen molar-refractivity contribution in [3.63, 3.8) is 0 Å². The zero-order valence-corrected chi connectivity index (χ0v) is 23.2. The Morgan fingerprint density at radius 1 is 0.825 bits per heavy atom. The number of nitrogens with two attached hydrogens (primary N) is 1. The number of fused-ring (bicyclic) bond motifs is 1. The van der Waals surface area contributed by atoms with Crippen molar-refractivity contribution >= 4 is 22.6 Å². The van der Waals surface area contributed by atoms with Crippen LogP contribution in [0.2, 0.25) is 0 Å². The van der Waals surface area contributed by atoms with E-state index in [0.29, 0.717) is 12.4 Å². The fourth-order valence-electron chi connectivity index (χ4n) is 4.94. The van der Waals surface area contributed by atoms with Crippen molar-refractivity contribution in [2.45, 2.75) is 33.0 Å². The lowest BCUT2D eigenvalue weighted by Crippen LogP contribution is -2.45. The van der Waals surface area contributed by atoms with Gasteiger partial charge in [-0.25, -0.2) is 9.97 Å². The smallest absolute Gasteiger partial charge is 0.240 e. The highest BCUT2D eigenvalue weighted by Crippen LogP contribution is 2.23. The first-order chi connectivity index (χ1) is 19.4. The number of benzene rings is 3. The van der Waals surface area contributed by atoms with E-state index < -0.39 is 6.04 Å². The summed E-state index contributed by atoms with van der Waals surface area (Å²) >= 11 is 0. The van der Waals surface area contributed by atoms with E-state index in [1.54, 1.807) is 0 Å². The third-order valence-corrected chi connectivity index (χ3v) is 7.23. The van der Waals surface area contributed by atoms with Crippen molar-refractivity contribution in [3.05, 3.63) is 101 Å². The number of hydrogen-bond acceptors (Lipinski definition) is 6. The summed E-state index contributed by atoms with van der Waals surface area (Å²) in [6.07, 6.45) is 0. The van der Waals surface area contributed by atoms with Crippen LogP contribution in [0.25, 0.3) is 10.9 Å². The Hall–Kier alpha value is -4.25. The molecular formula is C33H36N6O. The normalized spacial score (nSPS) is 15.0. The van der Waals surface area contributed by atoms with Crippen LogP contribution in [0, 0.1) is 17.8 Å². The number of piperazine rings is 1. The van der Waals surface area contributed by atoms with E-state index >= 15 is 0 Å². The maximum Gasteiger partial charge on any atom is 0.240 e. The van der Waals surface area contributed by atoms with Gasteiger partial charge in [-0.05, 0) is 47.9 Å². The predicted molar refractivity (Wildman–Crippen MR) is 160 cm³/mol. The molecule has 0 bridgehead atoms. The van der Waals surface area contributed by atoms with Gasteiger partial charge in [0, 0.05) is 49.2 Å². The number of carbonyl (C=O) groups is 1. The Morgan fingerprint density at radius 2 is 1.43 bits per heavy atom. The summed E-state index contributed by atoms with van der Waals surface area (Å²) in [5.74, 6) is 7.53. The number of para-hydroxylation sites is 1. The second-order valence-corrected chi connectivity index (χ2v) is 10.6. The highest BCUT2D eigenvalue weighted by atomic mass is 16.1. The molecule has 0 saturated carbocycles. The van der Waals surface area contributed by atoms with E-state index in [-0.39, 0.29) is 11.8 Å². The molecule has 4 aromatic rings. The average molecular weight is 533 g/mol. The fraction of sp³-hybridized carbons (Fsp3) is 0.303. The molecule has 1 saturated heterocycles. The van der Waals surface area contributed by atoms with Crippen LogP contribution >= 0.6 is 0 Å². The summed E-state index contributed by atoms with van der Waals surface area (Å²) in [5, 5.41) is 4.18. The van der Waals surface area contributed by atoms with Crippen LogP contribution in [0.4, 0.5) is 5.82 Å². The van der Waals surface area contributed by atoms with Crippen molar-refractivity contribution < 1.29 is 4.79 Å². The summed E-state index contributed by atoms with van der Waals surface area (Å²) in [7, 11) is 0. The lowest BCUT2D eigenvalue weighted by Gasteiger charge is -2.34. The van der Waals surface area contributed by atoms with Crippen LogP contribution < -0.4 is 11.1 Å². The summed E-state index contributed by atoms with van der Waals surface area (Å²) in [5.41, 5.74) is 9.87. The van der Waals surface area contributed by atoms with Crippen LogP contribution in [-0.4, -0.2) is 57.9 Å². The number of rotatable bonds is 8. The zero-order chi connectivity index (χ0) is 27.9. The molecule has 0 aliphatic carbocycles. The number of nitrogens with one attached hydrogen (secondary N) is 1. The van der Waals surface area contributed by atoms with Gasteiger partial charge in [0.2, 0.25) is 5.91 Å². The number of carbonyl (C=O) groups excluding carboxylic acids is 1. The van der Waals surface area contributed by atoms with E-state index in [4.69, 9.17) is 15.7 Å². The minimum atomic E-state index is -0.500. The third kappa shape index (κ3) is 7.03. The number of aromatic nitrogens is 2. The monoisotopic (exact) mass is 532 g/mol. The molecule has 5 rings (SSSR count). The molecular weight excluding hydrogens is 496 g/mol. The number of anilines is 1. The van der Waals surface area contributed by atoms with Gasteiger partial charge in [-0.1, -0.05) is 68.2 Å². The Morgan fingerprint density at radius 3 is 2.08 bits per heavy atom. The molecule has 0 unspecified atom stereocenters. The van der Waals surface area contributed by atoms with E-state index in [1.807, 2.05) is 68.4 Å². The molecule has 1 atom stereocenters. The summed E-state index contributed by atoms with van der Waals surface area (Å²) in [4.78, 5) is 26.6. The van der Waals surface area contributed by atoms with Gasteiger partial charge in [-0.3, -0.25) is 14.6 Å². The second-order valence-electron chi connectivity index (χ2n) is 10.6. The second kappa shape index (κ2) is 12.7. The molecule has 1 amide bonds. The van der Waals surface area contributed by atoms with Crippen LogP contribution in [0.3, 0.4) is 0 Å². The van der Waals surface area contributed by atoms with Crippen LogP contribution in [0.15, 0.2) is 78.9 Å².